The third-order valence-corrected chi connectivity index (χ3v) is 6.20. The number of halogens is 1. The molecule has 0 radical (unpaired) electrons. The highest BCUT2D eigenvalue weighted by Crippen LogP contribution is 2.23. The van der Waals surface area contributed by atoms with Crippen LogP contribution in [0.15, 0.2) is 29.3 Å². The van der Waals surface area contributed by atoms with Crippen LogP contribution in [0.25, 0.3) is 0 Å². The van der Waals surface area contributed by atoms with E-state index in [4.69, 9.17) is 0 Å². The topological polar surface area (TPSA) is 82.6 Å². The number of carbonyl (C=O) groups is 1. The van der Waals surface area contributed by atoms with E-state index in [1.807, 2.05) is 13.8 Å². The number of rotatable bonds is 7. The molecule has 1 aliphatic carbocycles. The molecule has 0 saturated heterocycles. The van der Waals surface area contributed by atoms with Crippen LogP contribution in [0.5, 0.6) is 0 Å². The average Bonchev–Trinajstić information content (AvgIpc) is 2.66. The summed E-state index contributed by atoms with van der Waals surface area (Å²) >= 11 is 0. The third-order valence-electron chi connectivity index (χ3n) is 4.46. The summed E-state index contributed by atoms with van der Waals surface area (Å²) in [6.07, 6.45) is 3.88. The summed E-state index contributed by atoms with van der Waals surface area (Å²) in [6.45, 7) is 4.52. The first kappa shape index (κ1) is 21.3. The molecule has 1 saturated carbocycles. The molecular formula is C19H29FN4O2S. The van der Waals surface area contributed by atoms with Crippen LogP contribution in [0, 0.1) is 5.82 Å². The number of hydrogen-bond donors (Lipinski definition) is 3. The normalized spacial score (nSPS) is 21.4. The van der Waals surface area contributed by atoms with Crippen molar-refractivity contribution in [2.75, 3.05) is 24.2 Å². The molecule has 1 amide bonds. The van der Waals surface area contributed by atoms with E-state index in [-0.39, 0.29) is 23.7 Å². The zero-order valence-corrected chi connectivity index (χ0v) is 16.8. The van der Waals surface area contributed by atoms with Crippen LogP contribution in [0.4, 0.5) is 10.1 Å². The number of nitrogens with one attached hydrogen (secondary N) is 3. The van der Waals surface area contributed by atoms with Gasteiger partial charge in [0.1, 0.15) is 12.4 Å². The Hall–Kier alpha value is -1.96. The van der Waals surface area contributed by atoms with Gasteiger partial charge in [0.2, 0.25) is 5.91 Å². The van der Waals surface area contributed by atoms with E-state index < -0.39 is 16.6 Å². The lowest BCUT2D eigenvalue weighted by Gasteiger charge is -2.30. The van der Waals surface area contributed by atoms with Gasteiger partial charge in [-0.3, -0.25) is 9.00 Å². The summed E-state index contributed by atoms with van der Waals surface area (Å²) in [7, 11) is -0.783. The Morgan fingerprint density at radius 2 is 2.15 bits per heavy atom. The fourth-order valence-electron chi connectivity index (χ4n) is 3.18. The molecule has 1 aliphatic rings. The minimum absolute atomic E-state index is 0.0666. The van der Waals surface area contributed by atoms with Crippen molar-refractivity contribution in [3.8, 4) is 0 Å². The van der Waals surface area contributed by atoms with E-state index in [0.717, 1.165) is 25.7 Å². The molecule has 0 heterocycles. The lowest BCUT2D eigenvalue weighted by Crippen LogP contribution is -2.47. The Kier molecular flexibility index (Phi) is 8.71. The third kappa shape index (κ3) is 7.28. The standard InChI is InChI=1S/C19H29FN4O2S/c1-3-21-19(24-16-9-6-10-17(12-16)27(26)4-2)22-13-18(25)23-15-8-5-7-14(20)11-15/h5,7-8,11,16-17H,3-4,6,9-10,12-13H2,1-2H3,(H,23,25)(H2,21,22,24). The van der Waals surface area contributed by atoms with Crippen molar-refractivity contribution in [3.63, 3.8) is 0 Å². The first-order chi connectivity index (χ1) is 13.0. The van der Waals surface area contributed by atoms with Crippen molar-refractivity contribution >= 4 is 28.4 Å². The second-order valence-electron chi connectivity index (χ2n) is 6.55. The average molecular weight is 397 g/mol. The fraction of sp³-hybridized carbons (Fsp3) is 0.579. The molecule has 2 rings (SSSR count). The molecule has 1 fully saturated rings. The molecule has 150 valence electrons. The number of hydrogen-bond acceptors (Lipinski definition) is 3. The lowest BCUT2D eigenvalue weighted by atomic mass is 9.95. The van der Waals surface area contributed by atoms with Crippen molar-refractivity contribution in [1.82, 2.24) is 10.6 Å². The minimum atomic E-state index is -0.783. The number of guanidine groups is 1. The van der Waals surface area contributed by atoms with Crippen LogP contribution >= 0.6 is 0 Å². The fourth-order valence-corrected chi connectivity index (χ4v) is 4.53. The van der Waals surface area contributed by atoms with Gasteiger partial charge >= 0.3 is 0 Å². The molecule has 1 aromatic carbocycles. The number of anilines is 1. The van der Waals surface area contributed by atoms with Gasteiger partial charge in [-0.15, -0.1) is 0 Å². The van der Waals surface area contributed by atoms with E-state index in [0.29, 0.717) is 23.9 Å². The molecule has 0 spiro atoms. The maximum atomic E-state index is 13.2. The predicted molar refractivity (Wildman–Crippen MR) is 109 cm³/mol. The van der Waals surface area contributed by atoms with Gasteiger partial charge in [-0.05, 0) is 44.4 Å². The molecule has 3 N–H and O–H groups in total. The van der Waals surface area contributed by atoms with Crippen LogP contribution in [0.1, 0.15) is 39.5 Å². The zero-order chi connectivity index (χ0) is 19.6. The molecule has 0 bridgehead atoms. The summed E-state index contributed by atoms with van der Waals surface area (Å²) in [5.41, 5.74) is 0.408. The summed E-state index contributed by atoms with van der Waals surface area (Å²) in [5, 5.41) is 9.35. The minimum Gasteiger partial charge on any atom is -0.357 e. The van der Waals surface area contributed by atoms with Crippen molar-refractivity contribution < 1.29 is 13.4 Å². The van der Waals surface area contributed by atoms with E-state index in [1.54, 1.807) is 12.1 Å². The van der Waals surface area contributed by atoms with Crippen LogP contribution < -0.4 is 16.0 Å². The molecule has 27 heavy (non-hydrogen) atoms. The quantitative estimate of drug-likeness (QED) is 0.488. The maximum Gasteiger partial charge on any atom is 0.246 e. The highest BCUT2D eigenvalue weighted by Gasteiger charge is 2.26. The molecule has 0 aliphatic heterocycles. The van der Waals surface area contributed by atoms with E-state index in [9.17, 15) is 13.4 Å². The zero-order valence-electron chi connectivity index (χ0n) is 16.0. The van der Waals surface area contributed by atoms with Crippen molar-refractivity contribution in [2.24, 2.45) is 4.99 Å². The van der Waals surface area contributed by atoms with E-state index >= 15 is 0 Å². The predicted octanol–water partition coefficient (Wildman–Crippen LogP) is 2.40. The van der Waals surface area contributed by atoms with Gasteiger partial charge in [0, 0.05) is 40.1 Å². The molecule has 0 aromatic heterocycles. The van der Waals surface area contributed by atoms with Crippen LogP contribution in [0.2, 0.25) is 0 Å². The van der Waals surface area contributed by atoms with Gasteiger partial charge in [-0.25, -0.2) is 9.38 Å². The largest absolute Gasteiger partial charge is 0.357 e. The molecule has 8 heteroatoms. The summed E-state index contributed by atoms with van der Waals surface area (Å²) < 4.78 is 25.3. The highest BCUT2D eigenvalue weighted by atomic mass is 32.2. The number of nitrogens with zero attached hydrogens (tertiary/aromatic N) is 1. The second-order valence-corrected chi connectivity index (χ2v) is 8.56. The van der Waals surface area contributed by atoms with Crippen molar-refractivity contribution in [2.45, 2.75) is 50.8 Å². The molecule has 3 atom stereocenters. The number of carbonyl (C=O) groups excluding carboxylic acids is 1. The highest BCUT2D eigenvalue weighted by molar-refractivity contribution is 7.85. The number of amides is 1. The van der Waals surface area contributed by atoms with Crippen molar-refractivity contribution in [1.29, 1.82) is 0 Å². The van der Waals surface area contributed by atoms with Crippen molar-refractivity contribution in [3.05, 3.63) is 30.1 Å². The molecule has 6 nitrogen and oxygen atoms in total. The van der Waals surface area contributed by atoms with Gasteiger partial charge in [-0.1, -0.05) is 19.4 Å². The Balaban J connectivity index is 1.91. The van der Waals surface area contributed by atoms with Gasteiger partial charge in [0.05, 0.1) is 0 Å². The molecule has 3 unspecified atom stereocenters. The summed E-state index contributed by atoms with van der Waals surface area (Å²) in [5.74, 6) is 0.542. The Bertz CT molecular complexity index is 683. The Labute approximate surface area is 162 Å². The smallest absolute Gasteiger partial charge is 0.246 e. The van der Waals surface area contributed by atoms with Gasteiger partial charge in [0.25, 0.3) is 0 Å². The Morgan fingerprint density at radius 1 is 1.33 bits per heavy atom. The second kappa shape index (κ2) is 11.0. The van der Waals surface area contributed by atoms with Gasteiger partial charge in [-0.2, -0.15) is 0 Å². The lowest BCUT2D eigenvalue weighted by molar-refractivity contribution is -0.114. The SMILES string of the molecule is CCNC(=NCC(=O)Nc1cccc(F)c1)NC1CCCC(S(=O)CC)C1. The first-order valence-electron chi connectivity index (χ1n) is 9.49. The monoisotopic (exact) mass is 396 g/mol. The molecule has 1 aromatic rings. The maximum absolute atomic E-state index is 13.2. The van der Waals surface area contributed by atoms with Gasteiger partial charge < -0.3 is 16.0 Å². The Morgan fingerprint density at radius 3 is 2.85 bits per heavy atom. The van der Waals surface area contributed by atoms with Crippen LogP contribution in [-0.4, -0.2) is 46.2 Å². The number of benzene rings is 1. The molecular weight excluding hydrogens is 367 g/mol. The summed E-state index contributed by atoms with van der Waals surface area (Å²) in [4.78, 5) is 16.4. The number of aliphatic imine (C=N–C) groups is 1. The van der Waals surface area contributed by atoms with Crippen LogP contribution in [-0.2, 0) is 15.6 Å². The first-order valence-corrected chi connectivity index (χ1v) is 10.9. The van der Waals surface area contributed by atoms with Crippen LogP contribution in [0.3, 0.4) is 0 Å². The van der Waals surface area contributed by atoms with E-state index in [2.05, 4.69) is 20.9 Å². The summed E-state index contributed by atoms with van der Waals surface area (Å²) in [6, 6.07) is 5.96. The van der Waals surface area contributed by atoms with Gasteiger partial charge in [0.15, 0.2) is 5.96 Å². The van der Waals surface area contributed by atoms with E-state index in [1.165, 1.54) is 12.1 Å².